The number of carbonyl (C=O) groups is 1. The van der Waals surface area contributed by atoms with Crippen LogP contribution in [0.5, 0.6) is 0 Å². The molecule has 104 valence electrons. The minimum Gasteiger partial charge on any atom is -0.325 e. The van der Waals surface area contributed by atoms with E-state index in [1.807, 2.05) is 18.2 Å². The zero-order valence-corrected chi connectivity index (χ0v) is 12.0. The van der Waals surface area contributed by atoms with E-state index in [-0.39, 0.29) is 11.3 Å². The van der Waals surface area contributed by atoms with Gasteiger partial charge in [-0.2, -0.15) is 0 Å². The summed E-state index contributed by atoms with van der Waals surface area (Å²) in [5.41, 5.74) is 1.92. The van der Waals surface area contributed by atoms with Gasteiger partial charge < -0.3 is 10.6 Å². The lowest BCUT2D eigenvalue weighted by molar-refractivity contribution is -0.125. The van der Waals surface area contributed by atoms with Crippen molar-refractivity contribution >= 4 is 11.6 Å². The predicted octanol–water partition coefficient (Wildman–Crippen LogP) is 2.97. The normalized spacial score (nSPS) is 23.1. The van der Waals surface area contributed by atoms with Crippen LogP contribution < -0.4 is 10.6 Å². The van der Waals surface area contributed by atoms with Crippen LogP contribution in [0, 0.1) is 5.41 Å². The average molecular weight is 260 g/mol. The predicted molar refractivity (Wildman–Crippen MR) is 79.3 cm³/mol. The first-order valence-electron chi connectivity index (χ1n) is 7.26. The number of rotatable bonds is 4. The van der Waals surface area contributed by atoms with Crippen LogP contribution in [0.15, 0.2) is 24.3 Å². The number of hydrogen-bond acceptors (Lipinski definition) is 2. The third kappa shape index (κ3) is 3.35. The highest BCUT2D eigenvalue weighted by Crippen LogP contribution is 2.28. The lowest BCUT2D eigenvalue weighted by Crippen LogP contribution is -2.46. The molecular weight excluding hydrogens is 236 g/mol. The Morgan fingerprint density at radius 3 is 2.89 bits per heavy atom. The van der Waals surface area contributed by atoms with Crippen molar-refractivity contribution in [2.24, 2.45) is 5.41 Å². The number of aryl methyl sites for hydroxylation is 1. The Labute approximate surface area is 115 Å². The Morgan fingerprint density at radius 2 is 2.21 bits per heavy atom. The van der Waals surface area contributed by atoms with Gasteiger partial charge in [-0.15, -0.1) is 0 Å². The first-order valence-corrected chi connectivity index (χ1v) is 7.26. The maximum Gasteiger partial charge on any atom is 0.231 e. The lowest BCUT2D eigenvalue weighted by Gasteiger charge is -2.32. The molecule has 1 amide bonds. The fraction of sp³-hybridized carbons (Fsp3) is 0.562. The van der Waals surface area contributed by atoms with Crippen molar-refractivity contribution in [3.05, 3.63) is 29.8 Å². The Hall–Kier alpha value is -1.35. The molecule has 1 heterocycles. The summed E-state index contributed by atoms with van der Waals surface area (Å²) in [6, 6.07) is 8.11. The Kier molecular flexibility index (Phi) is 4.59. The molecule has 1 unspecified atom stereocenters. The second-order valence-electron chi connectivity index (χ2n) is 5.70. The molecule has 0 radical (unpaired) electrons. The summed E-state index contributed by atoms with van der Waals surface area (Å²) in [6.07, 6.45) is 4.12. The standard InChI is InChI=1S/C16H24N2O/c1-3-7-13-8-4-5-9-14(13)18-15(19)16(2)10-6-11-17-12-16/h4-5,8-9,17H,3,6-7,10-12H2,1-2H3,(H,18,19). The summed E-state index contributed by atoms with van der Waals surface area (Å²) >= 11 is 0. The van der Waals surface area contributed by atoms with E-state index in [9.17, 15) is 4.79 Å². The van der Waals surface area contributed by atoms with Crippen molar-refractivity contribution in [2.45, 2.75) is 39.5 Å². The molecule has 1 atom stereocenters. The van der Waals surface area contributed by atoms with E-state index in [1.54, 1.807) is 0 Å². The molecule has 1 aromatic rings. The van der Waals surface area contributed by atoms with Gasteiger partial charge in [0.2, 0.25) is 5.91 Å². The van der Waals surface area contributed by atoms with Crippen LogP contribution in [-0.4, -0.2) is 19.0 Å². The Bertz CT molecular complexity index is 436. The maximum atomic E-state index is 12.5. The van der Waals surface area contributed by atoms with Crippen LogP contribution in [0.2, 0.25) is 0 Å². The van der Waals surface area contributed by atoms with Crippen molar-refractivity contribution in [2.75, 3.05) is 18.4 Å². The third-order valence-corrected chi connectivity index (χ3v) is 3.93. The number of benzene rings is 1. The molecule has 19 heavy (non-hydrogen) atoms. The van der Waals surface area contributed by atoms with E-state index in [1.165, 1.54) is 5.56 Å². The number of hydrogen-bond donors (Lipinski definition) is 2. The molecule has 0 aromatic heterocycles. The number of para-hydroxylation sites is 1. The summed E-state index contributed by atoms with van der Waals surface area (Å²) in [5, 5.41) is 6.45. The zero-order chi connectivity index (χ0) is 13.7. The van der Waals surface area contributed by atoms with Crippen LogP contribution in [0.25, 0.3) is 0 Å². The molecule has 0 saturated carbocycles. The highest BCUT2D eigenvalue weighted by atomic mass is 16.2. The molecule has 1 fully saturated rings. The van der Waals surface area contributed by atoms with Crippen LogP contribution in [0.4, 0.5) is 5.69 Å². The van der Waals surface area contributed by atoms with Crippen molar-refractivity contribution in [1.82, 2.24) is 5.32 Å². The van der Waals surface area contributed by atoms with Crippen LogP contribution >= 0.6 is 0 Å². The molecule has 0 bridgehead atoms. The minimum absolute atomic E-state index is 0.142. The van der Waals surface area contributed by atoms with E-state index in [0.717, 1.165) is 44.5 Å². The molecule has 2 rings (SSSR count). The quantitative estimate of drug-likeness (QED) is 0.874. The lowest BCUT2D eigenvalue weighted by atomic mass is 9.82. The molecule has 0 spiro atoms. The van der Waals surface area contributed by atoms with Gasteiger partial charge in [-0.1, -0.05) is 31.5 Å². The Morgan fingerprint density at radius 1 is 1.42 bits per heavy atom. The topological polar surface area (TPSA) is 41.1 Å². The smallest absolute Gasteiger partial charge is 0.231 e. The molecule has 1 aliphatic heterocycles. The van der Waals surface area contributed by atoms with Crippen LogP contribution in [-0.2, 0) is 11.2 Å². The summed E-state index contributed by atoms with van der Waals surface area (Å²) in [7, 11) is 0. The molecule has 2 N–H and O–H groups in total. The summed E-state index contributed by atoms with van der Waals surface area (Å²) in [4.78, 5) is 12.5. The molecule has 3 heteroatoms. The highest BCUT2D eigenvalue weighted by molar-refractivity contribution is 5.96. The van der Waals surface area contributed by atoms with E-state index in [0.29, 0.717) is 0 Å². The van der Waals surface area contributed by atoms with Crippen molar-refractivity contribution < 1.29 is 4.79 Å². The van der Waals surface area contributed by atoms with Gasteiger partial charge in [-0.25, -0.2) is 0 Å². The van der Waals surface area contributed by atoms with Crippen molar-refractivity contribution in [3.63, 3.8) is 0 Å². The summed E-state index contributed by atoms with van der Waals surface area (Å²) in [6.45, 7) is 6.01. The average Bonchev–Trinajstić information content (AvgIpc) is 2.42. The molecule has 1 aliphatic rings. The molecule has 1 aromatic carbocycles. The highest BCUT2D eigenvalue weighted by Gasteiger charge is 2.34. The monoisotopic (exact) mass is 260 g/mol. The van der Waals surface area contributed by atoms with Crippen LogP contribution in [0.3, 0.4) is 0 Å². The van der Waals surface area contributed by atoms with E-state index in [2.05, 4.69) is 30.5 Å². The van der Waals surface area contributed by atoms with Gasteiger partial charge in [0.05, 0.1) is 5.41 Å². The fourth-order valence-corrected chi connectivity index (χ4v) is 2.65. The number of amides is 1. The Balaban J connectivity index is 2.10. The zero-order valence-electron chi connectivity index (χ0n) is 12.0. The SMILES string of the molecule is CCCc1ccccc1NC(=O)C1(C)CCCNC1. The van der Waals surface area contributed by atoms with Gasteiger partial charge in [0.1, 0.15) is 0 Å². The maximum absolute atomic E-state index is 12.5. The fourth-order valence-electron chi connectivity index (χ4n) is 2.65. The largest absolute Gasteiger partial charge is 0.325 e. The number of anilines is 1. The van der Waals surface area contributed by atoms with Gasteiger partial charge in [-0.05, 0) is 44.4 Å². The molecule has 0 aliphatic carbocycles. The summed E-state index contributed by atoms with van der Waals surface area (Å²) < 4.78 is 0. The summed E-state index contributed by atoms with van der Waals surface area (Å²) in [5.74, 6) is 0.142. The third-order valence-electron chi connectivity index (χ3n) is 3.93. The van der Waals surface area contributed by atoms with E-state index >= 15 is 0 Å². The number of nitrogens with one attached hydrogen (secondary N) is 2. The second kappa shape index (κ2) is 6.20. The van der Waals surface area contributed by atoms with Gasteiger partial charge in [0.25, 0.3) is 0 Å². The first kappa shape index (κ1) is 14.1. The van der Waals surface area contributed by atoms with E-state index < -0.39 is 0 Å². The minimum atomic E-state index is -0.280. The molecule has 1 saturated heterocycles. The van der Waals surface area contributed by atoms with Gasteiger partial charge >= 0.3 is 0 Å². The number of carbonyl (C=O) groups excluding carboxylic acids is 1. The van der Waals surface area contributed by atoms with Crippen molar-refractivity contribution in [3.8, 4) is 0 Å². The van der Waals surface area contributed by atoms with Gasteiger partial charge in [0, 0.05) is 12.2 Å². The molecule has 3 nitrogen and oxygen atoms in total. The number of piperidine rings is 1. The van der Waals surface area contributed by atoms with Crippen LogP contribution in [0.1, 0.15) is 38.7 Å². The second-order valence-corrected chi connectivity index (χ2v) is 5.70. The van der Waals surface area contributed by atoms with Gasteiger partial charge in [0.15, 0.2) is 0 Å². The molecular formula is C16H24N2O. The van der Waals surface area contributed by atoms with E-state index in [4.69, 9.17) is 0 Å². The van der Waals surface area contributed by atoms with Crippen molar-refractivity contribution in [1.29, 1.82) is 0 Å². The first-order chi connectivity index (χ1) is 9.15. The van der Waals surface area contributed by atoms with Gasteiger partial charge in [-0.3, -0.25) is 4.79 Å².